The predicted octanol–water partition coefficient (Wildman–Crippen LogP) is 7.24. The number of amides is 1. The SMILES string of the molecule is CCOC(=O)C(c1ccccc1)N1C(=O)/C(=C/c2cc(Br)c(OCc3ccccc3C)c(OCC)c2)SC1=S. The van der Waals surface area contributed by atoms with Crippen LogP contribution in [0, 0.1) is 6.92 Å². The second-order valence-corrected chi connectivity index (χ2v) is 11.1. The molecular formula is C30H28BrNO5S2. The number of nitrogens with zero attached hydrogens (tertiary/aromatic N) is 1. The minimum absolute atomic E-state index is 0.194. The average Bonchev–Trinajstić information content (AvgIpc) is 3.18. The number of thiocarbonyl (C=S) groups is 1. The zero-order valence-corrected chi connectivity index (χ0v) is 25.0. The van der Waals surface area contributed by atoms with Crippen molar-refractivity contribution in [3.05, 3.63) is 98.4 Å². The zero-order valence-electron chi connectivity index (χ0n) is 21.8. The van der Waals surface area contributed by atoms with Crippen molar-refractivity contribution in [1.29, 1.82) is 0 Å². The normalized spacial score (nSPS) is 15.0. The van der Waals surface area contributed by atoms with Crippen LogP contribution in [0.2, 0.25) is 0 Å². The van der Waals surface area contributed by atoms with Crippen molar-refractivity contribution in [2.45, 2.75) is 33.4 Å². The average molecular weight is 627 g/mol. The molecule has 1 heterocycles. The van der Waals surface area contributed by atoms with Crippen LogP contribution in [0.3, 0.4) is 0 Å². The summed E-state index contributed by atoms with van der Waals surface area (Å²) < 4.78 is 18.3. The van der Waals surface area contributed by atoms with Gasteiger partial charge in [-0.15, -0.1) is 0 Å². The summed E-state index contributed by atoms with van der Waals surface area (Å²) in [5.74, 6) is 0.241. The van der Waals surface area contributed by atoms with E-state index in [9.17, 15) is 9.59 Å². The summed E-state index contributed by atoms with van der Waals surface area (Å²) in [5, 5.41) is 0. The number of hydrogen-bond donors (Lipinski definition) is 0. The Morgan fingerprint density at radius 1 is 1.05 bits per heavy atom. The number of carbonyl (C=O) groups excluding carboxylic acids is 2. The van der Waals surface area contributed by atoms with Crippen LogP contribution in [-0.2, 0) is 20.9 Å². The first kappa shape index (κ1) is 28.9. The fraction of sp³-hybridized carbons (Fsp3) is 0.233. The second-order valence-electron chi connectivity index (χ2n) is 8.60. The predicted molar refractivity (Wildman–Crippen MR) is 162 cm³/mol. The number of rotatable bonds is 10. The van der Waals surface area contributed by atoms with Crippen LogP contribution in [0.4, 0.5) is 0 Å². The molecule has 39 heavy (non-hydrogen) atoms. The van der Waals surface area contributed by atoms with Gasteiger partial charge in [-0.2, -0.15) is 0 Å². The molecule has 0 bridgehead atoms. The molecule has 0 aliphatic carbocycles. The van der Waals surface area contributed by atoms with Gasteiger partial charge in [0.05, 0.1) is 22.6 Å². The summed E-state index contributed by atoms with van der Waals surface area (Å²) >= 11 is 10.3. The van der Waals surface area contributed by atoms with Gasteiger partial charge in [0.1, 0.15) is 10.9 Å². The van der Waals surface area contributed by atoms with Crippen molar-refractivity contribution in [3.8, 4) is 11.5 Å². The third-order valence-electron chi connectivity index (χ3n) is 5.97. The van der Waals surface area contributed by atoms with E-state index >= 15 is 0 Å². The van der Waals surface area contributed by atoms with Gasteiger partial charge in [-0.05, 0) is 77.2 Å². The Morgan fingerprint density at radius 2 is 1.77 bits per heavy atom. The van der Waals surface area contributed by atoms with Crippen molar-refractivity contribution in [2.75, 3.05) is 13.2 Å². The summed E-state index contributed by atoms with van der Waals surface area (Å²) in [6.45, 7) is 6.69. The molecule has 6 nitrogen and oxygen atoms in total. The Bertz CT molecular complexity index is 1410. The van der Waals surface area contributed by atoms with Crippen LogP contribution in [0.1, 0.15) is 42.1 Å². The lowest BCUT2D eigenvalue weighted by atomic mass is 10.1. The van der Waals surface area contributed by atoms with E-state index in [-0.39, 0.29) is 16.8 Å². The van der Waals surface area contributed by atoms with Gasteiger partial charge in [-0.3, -0.25) is 9.69 Å². The second kappa shape index (κ2) is 13.3. The topological polar surface area (TPSA) is 65.1 Å². The van der Waals surface area contributed by atoms with Crippen LogP contribution >= 0.6 is 39.9 Å². The molecule has 0 aromatic heterocycles. The molecule has 3 aromatic carbocycles. The molecule has 202 valence electrons. The molecule has 1 aliphatic heterocycles. The van der Waals surface area contributed by atoms with Crippen molar-refractivity contribution < 1.29 is 23.8 Å². The standard InChI is InChI=1S/C30H28BrNO5S2/c1-4-35-24-16-20(15-23(31)27(24)37-18-22-14-10-9-11-19(22)3)17-25-28(33)32(30(38)39-25)26(29(34)36-5-2)21-12-7-6-8-13-21/h6-17,26H,4-5,18H2,1-3H3/b25-17-. The molecule has 0 N–H and O–H groups in total. The van der Waals surface area contributed by atoms with Gasteiger partial charge in [0.25, 0.3) is 5.91 Å². The van der Waals surface area contributed by atoms with E-state index in [1.54, 1.807) is 25.1 Å². The van der Waals surface area contributed by atoms with Crippen LogP contribution in [0.25, 0.3) is 6.08 Å². The molecule has 1 atom stereocenters. The third-order valence-corrected chi connectivity index (χ3v) is 7.89. The molecule has 1 aliphatic rings. The van der Waals surface area contributed by atoms with Gasteiger partial charge in [0, 0.05) is 0 Å². The lowest BCUT2D eigenvalue weighted by Gasteiger charge is -2.25. The highest BCUT2D eigenvalue weighted by Crippen LogP contribution is 2.42. The summed E-state index contributed by atoms with van der Waals surface area (Å²) in [5.41, 5.74) is 3.57. The quantitative estimate of drug-likeness (QED) is 0.134. The van der Waals surface area contributed by atoms with Gasteiger partial charge in [-0.1, -0.05) is 78.6 Å². The van der Waals surface area contributed by atoms with Crippen LogP contribution < -0.4 is 9.47 Å². The molecule has 1 amide bonds. The van der Waals surface area contributed by atoms with Crippen molar-refractivity contribution in [1.82, 2.24) is 4.90 Å². The van der Waals surface area contributed by atoms with Crippen LogP contribution in [0.5, 0.6) is 11.5 Å². The number of carbonyl (C=O) groups is 2. The molecule has 1 unspecified atom stereocenters. The molecule has 0 spiro atoms. The van der Waals surface area contributed by atoms with E-state index in [1.807, 2.05) is 68.4 Å². The Kier molecular flexibility index (Phi) is 9.83. The molecule has 4 rings (SSSR count). The van der Waals surface area contributed by atoms with Crippen LogP contribution in [0.15, 0.2) is 76.1 Å². The van der Waals surface area contributed by atoms with Gasteiger partial charge in [0.15, 0.2) is 17.5 Å². The minimum Gasteiger partial charge on any atom is -0.490 e. The van der Waals surface area contributed by atoms with Gasteiger partial charge in [0.2, 0.25) is 0 Å². The van der Waals surface area contributed by atoms with E-state index in [1.165, 1.54) is 4.90 Å². The maximum absolute atomic E-state index is 13.6. The Hall–Kier alpha value is -3.14. The van der Waals surface area contributed by atoms with Crippen molar-refractivity contribution in [3.63, 3.8) is 0 Å². The number of esters is 1. The van der Waals surface area contributed by atoms with Gasteiger partial charge in [-0.25, -0.2) is 4.79 Å². The summed E-state index contributed by atoms with van der Waals surface area (Å²) in [4.78, 5) is 28.2. The highest BCUT2D eigenvalue weighted by molar-refractivity contribution is 9.10. The van der Waals surface area contributed by atoms with Crippen LogP contribution in [-0.4, -0.2) is 34.3 Å². The number of benzene rings is 3. The molecule has 9 heteroatoms. The van der Waals surface area contributed by atoms with E-state index in [4.69, 9.17) is 26.4 Å². The number of thioether (sulfide) groups is 1. The molecular weight excluding hydrogens is 598 g/mol. The number of aryl methyl sites for hydroxylation is 1. The third kappa shape index (κ3) is 6.72. The van der Waals surface area contributed by atoms with E-state index < -0.39 is 12.0 Å². The smallest absolute Gasteiger partial charge is 0.333 e. The summed E-state index contributed by atoms with van der Waals surface area (Å²) in [7, 11) is 0. The number of ether oxygens (including phenoxy) is 3. The van der Waals surface area contributed by atoms with E-state index in [2.05, 4.69) is 15.9 Å². The molecule has 0 saturated carbocycles. The molecule has 1 saturated heterocycles. The first-order valence-electron chi connectivity index (χ1n) is 12.5. The number of halogens is 1. The first-order valence-corrected chi connectivity index (χ1v) is 14.5. The highest BCUT2D eigenvalue weighted by Gasteiger charge is 2.42. The largest absolute Gasteiger partial charge is 0.490 e. The Balaban J connectivity index is 1.63. The molecule has 3 aromatic rings. The fourth-order valence-electron chi connectivity index (χ4n) is 4.10. The van der Waals surface area contributed by atoms with E-state index in [0.29, 0.717) is 39.7 Å². The van der Waals surface area contributed by atoms with Gasteiger partial charge >= 0.3 is 5.97 Å². The maximum Gasteiger partial charge on any atom is 0.333 e. The van der Waals surface area contributed by atoms with Crippen molar-refractivity contribution >= 4 is 62.2 Å². The summed E-state index contributed by atoms with van der Waals surface area (Å²) in [6.07, 6.45) is 1.74. The first-order chi connectivity index (χ1) is 18.8. The fourth-order valence-corrected chi connectivity index (χ4v) is 5.98. The maximum atomic E-state index is 13.6. The summed E-state index contributed by atoms with van der Waals surface area (Å²) in [6, 6.07) is 19.8. The Labute approximate surface area is 246 Å². The lowest BCUT2D eigenvalue weighted by molar-refractivity contribution is -0.151. The Morgan fingerprint density at radius 3 is 2.46 bits per heavy atom. The molecule has 1 fully saturated rings. The van der Waals surface area contributed by atoms with Crippen molar-refractivity contribution in [2.24, 2.45) is 0 Å². The number of hydrogen-bond acceptors (Lipinski definition) is 7. The lowest BCUT2D eigenvalue weighted by Crippen LogP contribution is -2.38. The van der Waals surface area contributed by atoms with E-state index in [0.717, 1.165) is 28.5 Å². The molecule has 0 radical (unpaired) electrons. The highest BCUT2D eigenvalue weighted by atomic mass is 79.9. The van der Waals surface area contributed by atoms with Gasteiger partial charge < -0.3 is 14.2 Å². The monoisotopic (exact) mass is 625 g/mol. The zero-order chi connectivity index (χ0) is 27.9. The minimum atomic E-state index is -0.965.